The number of pyridine rings is 2. The number of ether oxygens (including phenoxy) is 2. The Bertz CT molecular complexity index is 1080. The van der Waals surface area contributed by atoms with Crippen LogP contribution in [0.5, 0.6) is 17.4 Å². The van der Waals surface area contributed by atoms with Gasteiger partial charge >= 0.3 is 5.97 Å². The number of rotatable bonds is 8. The first-order valence-corrected chi connectivity index (χ1v) is 10.1. The van der Waals surface area contributed by atoms with Crippen LogP contribution in [0.25, 0.3) is 6.08 Å². The van der Waals surface area contributed by atoms with Crippen LogP contribution in [0.2, 0.25) is 0 Å². The van der Waals surface area contributed by atoms with Crippen LogP contribution in [-0.2, 0) is 11.4 Å². The van der Waals surface area contributed by atoms with E-state index in [4.69, 9.17) is 9.47 Å². The van der Waals surface area contributed by atoms with Crippen LogP contribution in [0, 0.1) is 20.8 Å². The number of carbonyl (C=O) groups is 1. The second-order valence-electron chi connectivity index (χ2n) is 7.31. The smallest absolute Gasteiger partial charge is 0.331 e. The van der Waals surface area contributed by atoms with Gasteiger partial charge in [-0.3, -0.25) is 4.98 Å². The van der Waals surface area contributed by atoms with Crippen LogP contribution in [0.4, 0.5) is 0 Å². The van der Waals surface area contributed by atoms with Crippen LogP contribution in [0.3, 0.4) is 0 Å². The zero-order valence-electron chi connectivity index (χ0n) is 18.2. The van der Waals surface area contributed by atoms with Gasteiger partial charge in [0.05, 0.1) is 11.9 Å². The number of aryl methyl sites for hydroxylation is 3. The molecule has 1 N–H and O–H groups in total. The first-order chi connectivity index (χ1) is 14.9. The van der Waals surface area contributed by atoms with Crippen LogP contribution < -0.4 is 9.47 Å². The Labute approximate surface area is 182 Å². The van der Waals surface area contributed by atoms with Crippen molar-refractivity contribution in [3.05, 3.63) is 82.3 Å². The molecule has 0 radical (unpaired) electrons. The fourth-order valence-electron chi connectivity index (χ4n) is 3.20. The number of nitrogens with zero attached hydrogens (tertiary/aromatic N) is 2. The van der Waals surface area contributed by atoms with Crippen LogP contribution >= 0.6 is 0 Å². The van der Waals surface area contributed by atoms with Crippen molar-refractivity contribution in [1.82, 2.24) is 9.97 Å². The largest absolute Gasteiger partial charge is 0.486 e. The highest BCUT2D eigenvalue weighted by atomic mass is 16.5. The Morgan fingerprint density at radius 1 is 1.10 bits per heavy atom. The lowest BCUT2D eigenvalue weighted by atomic mass is 10.0. The molecule has 3 rings (SSSR count). The quantitative estimate of drug-likeness (QED) is 0.476. The molecule has 1 aromatic carbocycles. The minimum absolute atomic E-state index is 0.366. The molecule has 0 fully saturated rings. The Morgan fingerprint density at radius 2 is 1.84 bits per heavy atom. The van der Waals surface area contributed by atoms with Gasteiger partial charge in [-0.1, -0.05) is 13.0 Å². The molecule has 0 atom stereocenters. The van der Waals surface area contributed by atoms with E-state index >= 15 is 0 Å². The predicted molar refractivity (Wildman–Crippen MR) is 119 cm³/mol. The topological polar surface area (TPSA) is 81.5 Å². The second-order valence-corrected chi connectivity index (χ2v) is 7.31. The van der Waals surface area contributed by atoms with Gasteiger partial charge in [-0.15, -0.1) is 0 Å². The molecule has 0 aliphatic heterocycles. The normalized spacial score (nSPS) is 11.3. The van der Waals surface area contributed by atoms with Crippen molar-refractivity contribution >= 4 is 12.0 Å². The van der Waals surface area contributed by atoms with Gasteiger partial charge in [0.25, 0.3) is 0 Å². The van der Waals surface area contributed by atoms with E-state index in [1.807, 2.05) is 58.0 Å². The second kappa shape index (κ2) is 9.89. The van der Waals surface area contributed by atoms with E-state index in [1.54, 1.807) is 24.4 Å². The molecular weight excluding hydrogens is 392 g/mol. The molecule has 31 heavy (non-hydrogen) atoms. The molecule has 2 aromatic heterocycles. The molecular formula is C25H26N2O4. The summed E-state index contributed by atoms with van der Waals surface area (Å²) in [4.78, 5) is 20.0. The summed E-state index contributed by atoms with van der Waals surface area (Å²) in [5.41, 5.74) is 4.81. The molecule has 0 aliphatic rings. The molecule has 2 heterocycles. The molecule has 6 heteroatoms. The molecule has 0 spiro atoms. The molecule has 0 saturated heterocycles. The monoisotopic (exact) mass is 418 g/mol. The highest BCUT2D eigenvalue weighted by Crippen LogP contribution is 2.30. The van der Waals surface area contributed by atoms with Crippen LogP contribution in [0.15, 0.2) is 54.2 Å². The van der Waals surface area contributed by atoms with E-state index < -0.39 is 5.97 Å². The van der Waals surface area contributed by atoms with Crippen molar-refractivity contribution in [3.8, 4) is 17.4 Å². The highest BCUT2D eigenvalue weighted by Gasteiger charge is 2.10. The minimum Gasteiger partial charge on any atom is -0.486 e. The van der Waals surface area contributed by atoms with Crippen molar-refractivity contribution in [2.75, 3.05) is 0 Å². The third-order valence-electron chi connectivity index (χ3n) is 4.73. The SMILES string of the molecule is CCC(=Cc1cc(C)c(Oc2ccc(OCc3cccc(C)n3)cn2)c(C)c1)C(=O)O. The Hall–Kier alpha value is -3.67. The zero-order chi connectivity index (χ0) is 22.4. The Morgan fingerprint density at radius 3 is 2.42 bits per heavy atom. The summed E-state index contributed by atoms with van der Waals surface area (Å²) in [6.45, 7) is 8.00. The lowest BCUT2D eigenvalue weighted by molar-refractivity contribution is -0.132. The maximum Gasteiger partial charge on any atom is 0.331 e. The summed E-state index contributed by atoms with van der Waals surface area (Å²) in [7, 11) is 0. The molecule has 6 nitrogen and oxygen atoms in total. The van der Waals surface area contributed by atoms with Gasteiger partial charge in [-0.2, -0.15) is 0 Å². The van der Waals surface area contributed by atoms with Crippen LogP contribution in [0.1, 0.15) is 41.4 Å². The van der Waals surface area contributed by atoms with Crippen molar-refractivity contribution in [1.29, 1.82) is 0 Å². The average molecular weight is 418 g/mol. The Kier molecular flexibility index (Phi) is 7.03. The molecule has 160 valence electrons. The summed E-state index contributed by atoms with van der Waals surface area (Å²) in [5.74, 6) is 0.888. The van der Waals surface area contributed by atoms with Crippen molar-refractivity contribution in [3.63, 3.8) is 0 Å². The Balaban J connectivity index is 1.70. The van der Waals surface area contributed by atoms with E-state index in [2.05, 4.69) is 9.97 Å². The summed E-state index contributed by atoms with van der Waals surface area (Å²) in [6.07, 6.45) is 3.77. The average Bonchev–Trinajstić information content (AvgIpc) is 2.74. The van der Waals surface area contributed by atoms with Gasteiger partial charge in [0, 0.05) is 17.3 Å². The number of aliphatic carboxylic acids is 1. The van der Waals surface area contributed by atoms with Crippen molar-refractivity contribution in [2.24, 2.45) is 0 Å². The highest BCUT2D eigenvalue weighted by molar-refractivity contribution is 5.92. The summed E-state index contributed by atoms with van der Waals surface area (Å²) in [5, 5.41) is 9.25. The molecule has 0 saturated carbocycles. The lowest BCUT2D eigenvalue weighted by Gasteiger charge is -2.13. The van der Waals surface area contributed by atoms with E-state index in [9.17, 15) is 9.90 Å². The fourth-order valence-corrected chi connectivity index (χ4v) is 3.20. The first-order valence-electron chi connectivity index (χ1n) is 10.1. The fraction of sp³-hybridized carbons (Fsp3) is 0.240. The number of benzene rings is 1. The van der Waals surface area contributed by atoms with E-state index in [-0.39, 0.29) is 0 Å². The number of hydrogen-bond donors (Lipinski definition) is 1. The summed E-state index contributed by atoms with van der Waals surface area (Å²) in [6, 6.07) is 13.2. The molecule has 3 aromatic rings. The van der Waals surface area contributed by atoms with Crippen molar-refractivity contribution < 1.29 is 19.4 Å². The van der Waals surface area contributed by atoms with Gasteiger partial charge < -0.3 is 14.6 Å². The zero-order valence-corrected chi connectivity index (χ0v) is 18.2. The number of hydrogen-bond acceptors (Lipinski definition) is 5. The maximum atomic E-state index is 11.3. The molecule has 0 unspecified atom stereocenters. The van der Waals surface area contributed by atoms with E-state index in [0.29, 0.717) is 36.0 Å². The molecule has 0 amide bonds. The van der Waals surface area contributed by atoms with Gasteiger partial charge in [0.15, 0.2) is 0 Å². The third kappa shape index (κ3) is 5.92. The van der Waals surface area contributed by atoms with Gasteiger partial charge in [-0.05, 0) is 80.3 Å². The van der Waals surface area contributed by atoms with Gasteiger partial charge in [0.2, 0.25) is 5.88 Å². The molecule has 0 aliphatic carbocycles. The third-order valence-corrected chi connectivity index (χ3v) is 4.73. The van der Waals surface area contributed by atoms with E-state index in [1.165, 1.54) is 0 Å². The predicted octanol–water partition coefficient (Wildman–Crippen LogP) is 5.65. The number of carboxylic acids is 1. The van der Waals surface area contributed by atoms with Gasteiger partial charge in [0.1, 0.15) is 18.1 Å². The first kappa shape index (κ1) is 22.0. The minimum atomic E-state index is -0.900. The maximum absolute atomic E-state index is 11.3. The van der Waals surface area contributed by atoms with Crippen LogP contribution in [-0.4, -0.2) is 21.0 Å². The standard InChI is InChI=1S/C25H26N2O4/c1-5-20(25(28)29)13-19-11-16(2)24(17(3)12-19)31-23-10-9-22(14-26-23)30-15-21-8-6-7-18(4)27-21/h6-14H,5,15H2,1-4H3,(H,28,29). The number of aromatic nitrogens is 2. The lowest BCUT2D eigenvalue weighted by Crippen LogP contribution is -2.00. The van der Waals surface area contributed by atoms with E-state index in [0.717, 1.165) is 28.1 Å². The summed E-state index contributed by atoms with van der Waals surface area (Å²) >= 11 is 0. The summed E-state index contributed by atoms with van der Waals surface area (Å²) < 4.78 is 11.7. The van der Waals surface area contributed by atoms with Crippen molar-refractivity contribution in [2.45, 2.75) is 40.7 Å². The molecule has 0 bridgehead atoms. The van der Waals surface area contributed by atoms with Gasteiger partial charge in [-0.25, -0.2) is 9.78 Å². The number of carboxylic acid groups (broad SMARTS) is 1.